The van der Waals surface area contributed by atoms with Gasteiger partial charge in [-0.05, 0) is 123 Å². The zero-order chi connectivity index (χ0) is 35.3. The van der Waals surface area contributed by atoms with Crippen LogP contribution in [0, 0.1) is 39.9 Å². The number of fused-ring (bicyclic) bond motifs is 5. The Kier molecular flexibility index (Phi) is 9.74. The zero-order valence-electron chi connectivity index (χ0n) is 30.3. The summed E-state index contributed by atoms with van der Waals surface area (Å²) in [6, 6.07) is 9.64. The minimum Gasteiger partial charge on any atom is -0.458 e. The summed E-state index contributed by atoms with van der Waals surface area (Å²) in [5.41, 5.74) is 3.17. The quantitative estimate of drug-likeness (QED) is 0.176. The molecule has 2 aromatic rings. The molecule has 4 aliphatic rings. The predicted octanol–water partition coefficient (Wildman–Crippen LogP) is 6.91. The van der Waals surface area contributed by atoms with Gasteiger partial charge in [-0.15, -0.1) is 5.10 Å². The number of carbonyl (C=O) groups excluding carboxylic acids is 2. The Bertz CT molecular complexity index is 1610. The molecule has 6 rings (SSSR count). The number of rotatable bonds is 8. The zero-order valence-corrected chi connectivity index (χ0v) is 30.3. The number of ether oxygens (including phenoxy) is 2. The average Bonchev–Trinajstić information content (AvgIpc) is 3.63. The van der Waals surface area contributed by atoms with Crippen LogP contribution in [0.15, 0.2) is 59.3 Å². The van der Waals surface area contributed by atoms with Crippen LogP contribution in [0.5, 0.6) is 0 Å². The summed E-state index contributed by atoms with van der Waals surface area (Å²) in [5, 5.41) is 31.5. The molecule has 0 aliphatic heterocycles. The van der Waals surface area contributed by atoms with E-state index in [-0.39, 0.29) is 52.7 Å². The van der Waals surface area contributed by atoms with E-state index >= 15 is 0 Å². The third-order valence-corrected chi connectivity index (χ3v) is 13.5. The van der Waals surface area contributed by atoms with Crippen LogP contribution in [-0.2, 0) is 25.7 Å². The number of nitrogens with zero attached hydrogens (tertiary/aromatic N) is 3. The van der Waals surface area contributed by atoms with Crippen molar-refractivity contribution >= 4 is 11.9 Å². The molecule has 4 aliphatic carbocycles. The first-order valence-corrected chi connectivity index (χ1v) is 18.2. The number of aliphatic hydroxyl groups excluding tert-OH is 2. The highest BCUT2D eigenvalue weighted by atomic mass is 16.5. The normalized spacial score (nSPS) is 37.7. The average molecular weight is 674 g/mol. The van der Waals surface area contributed by atoms with E-state index in [9.17, 15) is 19.8 Å². The summed E-state index contributed by atoms with van der Waals surface area (Å²) in [7, 11) is 0. The first-order chi connectivity index (χ1) is 23.2. The maximum atomic E-state index is 14.2. The second-order valence-electron chi connectivity index (χ2n) is 16.4. The van der Waals surface area contributed by atoms with Gasteiger partial charge < -0.3 is 19.7 Å². The van der Waals surface area contributed by atoms with Gasteiger partial charge in [0.05, 0.1) is 24.1 Å². The molecule has 4 fully saturated rings. The molecule has 10 atom stereocenters. The number of esters is 2. The Hall–Kier alpha value is -3.30. The van der Waals surface area contributed by atoms with Crippen LogP contribution >= 0.6 is 0 Å². The van der Waals surface area contributed by atoms with E-state index in [1.165, 1.54) is 6.92 Å². The monoisotopic (exact) mass is 673 g/mol. The van der Waals surface area contributed by atoms with Crippen LogP contribution in [0.2, 0.25) is 0 Å². The summed E-state index contributed by atoms with van der Waals surface area (Å²) in [6.07, 6.45) is 8.07. The fourth-order valence-corrected chi connectivity index (χ4v) is 11.1. The molecule has 0 spiro atoms. The van der Waals surface area contributed by atoms with Gasteiger partial charge in [-0.3, -0.25) is 4.79 Å². The van der Waals surface area contributed by atoms with Crippen molar-refractivity contribution in [3.8, 4) is 5.69 Å². The van der Waals surface area contributed by atoms with Crippen LogP contribution in [0.25, 0.3) is 5.69 Å². The molecule has 1 aromatic carbocycles. The molecule has 4 saturated carbocycles. The summed E-state index contributed by atoms with van der Waals surface area (Å²) in [5.74, 6) is -0.444. The Morgan fingerprint density at radius 1 is 1.02 bits per heavy atom. The molecule has 9 nitrogen and oxygen atoms in total. The fraction of sp³-hybridized carbons (Fsp3) is 0.650. The van der Waals surface area contributed by atoms with E-state index in [0.29, 0.717) is 42.9 Å². The Balaban J connectivity index is 1.37. The van der Waals surface area contributed by atoms with Gasteiger partial charge in [0.25, 0.3) is 0 Å². The van der Waals surface area contributed by atoms with Crippen molar-refractivity contribution in [3.05, 3.63) is 65.0 Å². The Labute approximate surface area is 291 Å². The van der Waals surface area contributed by atoms with Gasteiger partial charge in [0.1, 0.15) is 18.4 Å². The number of hydrogen-bond acceptors (Lipinski definition) is 8. The second-order valence-corrected chi connectivity index (χ2v) is 16.4. The van der Waals surface area contributed by atoms with E-state index in [2.05, 4.69) is 44.1 Å². The molecule has 49 heavy (non-hydrogen) atoms. The van der Waals surface area contributed by atoms with Crippen LogP contribution in [0.4, 0.5) is 0 Å². The minimum absolute atomic E-state index is 0.0283. The molecule has 2 N–H and O–H groups in total. The molecular weight excluding hydrogens is 618 g/mol. The van der Waals surface area contributed by atoms with Crippen molar-refractivity contribution in [2.24, 2.45) is 39.9 Å². The van der Waals surface area contributed by atoms with Crippen molar-refractivity contribution in [2.75, 3.05) is 0 Å². The number of benzene rings is 1. The number of para-hydroxylation sites is 1. The van der Waals surface area contributed by atoms with Crippen LogP contribution in [-0.4, -0.2) is 55.5 Å². The molecule has 1 unspecified atom stereocenters. The molecular formula is C40H55N3O6. The Morgan fingerprint density at radius 3 is 2.45 bits per heavy atom. The molecule has 0 amide bonds. The van der Waals surface area contributed by atoms with Crippen molar-refractivity contribution < 1.29 is 29.3 Å². The van der Waals surface area contributed by atoms with Crippen LogP contribution in [0.1, 0.15) is 106 Å². The van der Waals surface area contributed by atoms with Crippen molar-refractivity contribution in [1.29, 1.82) is 0 Å². The highest BCUT2D eigenvalue weighted by Crippen LogP contribution is 2.74. The minimum atomic E-state index is -0.590. The van der Waals surface area contributed by atoms with E-state index < -0.39 is 18.2 Å². The predicted molar refractivity (Wildman–Crippen MR) is 186 cm³/mol. The van der Waals surface area contributed by atoms with Crippen LogP contribution in [0.3, 0.4) is 0 Å². The smallest absolute Gasteiger partial charge is 0.334 e. The lowest BCUT2D eigenvalue weighted by molar-refractivity contribution is -0.234. The van der Waals surface area contributed by atoms with Gasteiger partial charge in [-0.1, -0.05) is 62.8 Å². The lowest BCUT2D eigenvalue weighted by Crippen LogP contribution is -2.65. The maximum Gasteiger partial charge on any atom is 0.334 e. The van der Waals surface area contributed by atoms with E-state index in [4.69, 9.17) is 9.47 Å². The highest BCUT2D eigenvalue weighted by molar-refractivity contribution is 5.90. The summed E-state index contributed by atoms with van der Waals surface area (Å²) in [6.45, 7) is 14.6. The fourth-order valence-electron chi connectivity index (χ4n) is 11.1. The van der Waals surface area contributed by atoms with Crippen LogP contribution < -0.4 is 0 Å². The molecule has 0 saturated heterocycles. The number of carbonyl (C=O) groups is 2. The first-order valence-electron chi connectivity index (χ1n) is 18.2. The number of hydrogen-bond donors (Lipinski definition) is 2. The highest BCUT2D eigenvalue weighted by Gasteiger charge is 2.70. The van der Waals surface area contributed by atoms with Gasteiger partial charge in [0.2, 0.25) is 0 Å². The van der Waals surface area contributed by atoms with Gasteiger partial charge in [0, 0.05) is 12.5 Å². The second kappa shape index (κ2) is 13.4. The van der Waals surface area contributed by atoms with Crippen molar-refractivity contribution in [1.82, 2.24) is 15.0 Å². The summed E-state index contributed by atoms with van der Waals surface area (Å²) < 4.78 is 13.8. The number of aliphatic hydroxyl groups is 2. The molecule has 0 radical (unpaired) electrons. The van der Waals surface area contributed by atoms with Gasteiger partial charge in [-0.25, -0.2) is 9.48 Å². The third-order valence-electron chi connectivity index (χ3n) is 13.5. The molecule has 266 valence electrons. The standard InChI is InChI=1S/C40H55N3O6/c1-24(2)12-11-15-29(37(47)48-23-27-22-43(42-41-27)28-13-9-8-10-14-28)35-31-20-33(46)36-38(5)18-17-32(45)25(3)30(38)16-19-39(36,6)40(31,7)21-34(35)49-26(4)44/h8-10,12-14,22,25,30-34,36,45-46H,11,15-21,23H2,1-7H3/b35-29-/t25-,30-,31-,32+,33+,34-,36?,38-,39-,40-/m0/s1. The number of allylic oxidation sites excluding steroid dienone is 2. The van der Waals surface area contributed by atoms with Crippen molar-refractivity contribution in [2.45, 2.75) is 125 Å². The van der Waals surface area contributed by atoms with Gasteiger partial charge >= 0.3 is 11.9 Å². The van der Waals surface area contributed by atoms with Gasteiger partial charge in [-0.2, -0.15) is 0 Å². The SMILES string of the molecule is CC(=O)O[C@H]1C[C@@]2(C)[C@@H](C[C@@H](O)C3[C@]2(C)CC[C@H]2[C@H](C)[C@H](O)CC[C@]32C)/C1=C(\CCC=C(C)C)C(=O)OCc1cn(-c2ccccc2)nn1. The van der Waals surface area contributed by atoms with E-state index in [0.717, 1.165) is 42.5 Å². The molecule has 0 bridgehead atoms. The van der Waals surface area contributed by atoms with E-state index in [1.54, 1.807) is 10.9 Å². The number of aromatic nitrogens is 3. The lowest BCUT2D eigenvalue weighted by atomic mass is 9.36. The summed E-state index contributed by atoms with van der Waals surface area (Å²) in [4.78, 5) is 26.9. The van der Waals surface area contributed by atoms with E-state index in [1.807, 2.05) is 44.2 Å². The Morgan fingerprint density at radius 2 is 1.76 bits per heavy atom. The van der Waals surface area contributed by atoms with Gasteiger partial charge in [0.15, 0.2) is 0 Å². The largest absolute Gasteiger partial charge is 0.458 e. The summed E-state index contributed by atoms with van der Waals surface area (Å²) >= 11 is 0. The first kappa shape index (κ1) is 35.5. The topological polar surface area (TPSA) is 124 Å². The molecule has 9 heteroatoms. The third kappa shape index (κ3) is 6.19. The molecule has 1 aromatic heterocycles. The van der Waals surface area contributed by atoms with Crippen molar-refractivity contribution in [3.63, 3.8) is 0 Å². The lowest BCUT2D eigenvalue weighted by Gasteiger charge is -2.69. The maximum absolute atomic E-state index is 14.2. The molecule has 1 heterocycles.